The van der Waals surface area contributed by atoms with Crippen LogP contribution in [0.4, 0.5) is 0 Å². The fourth-order valence-electron chi connectivity index (χ4n) is 6.63. The number of hydrogen-bond donors (Lipinski definition) is 2. The van der Waals surface area contributed by atoms with E-state index < -0.39 is 0 Å². The first-order chi connectivity index (χ1) is 24.4. The van der Waals surface area contributed by atoms with E-state index in [0.29, 0.717) is 5.15 Å². The summed E-state index contributed by atoms with van der Waals surface area (Å²) in [5, 5.41) is 7.51. The Morgan fingerprint density at radius 2 is 1.23 bits per heavy atom. The molecule has 11 heteroatoms. The molecule has 0 radical (unpaired) electrons. The van der Waals surface area contributed by atoms with Crippen LogP contribution in [0.3, 0.4) is 0 Å². The average molecular weight is 743 g/mol. The molecule has 0 unspecified atom stereocenters. The Bertz CT molecular complexity index is 1590. The number of piperidine rings is 2. The monoisotopic (exact) mass is 742 g/mol. The molecule has 0 aliphatic carbocycles. The van der Waals surface area contributed by atoms with Crippen LogP contribution in [0.1, 0.15) is 52.4 Å². The van der Waals surface area contributed by atoms with Crippen molar-refractivity contribution in [2.75, 3.05) is 59.6 Å². The van der Waals surface area contributed by atoms with Gasteiger partial charge in [-0.3, -0.25) is 4.79 Å². The van der Waals surface area contributed by atoms with Gasteiger partial charge in [-0.15, -0.1) is 0 Å². The molecule has 0 saturated carbocycles. The van der Waals surface area contributed by atoms with Crippen molar-refractivity contribution in [3.63, 3.8) is 0 Å². The predicted molar refractivity (Wildman–Crippen MR) is 207 cm³/mol. The van der Waals surface area contributed by atoms with E-state index in [1.54, 1.807) is 18.5 Å². The Morgan fingerprint density at radius 1 is 0.750 bits per heavy atom. The van der Waals surface area contributed by atoms with E-state index >= 15 is 0 Å². The summed E-state index contributed by atoms with van der Waals surface area (Å²) in [6.07, 6.45) is 10.9. The minimum atomic E-state index is -0.0835. The van der Waals surface area contributed by atoms with Gasteiger partial charge in [0.2, 0.25) is 5.56 Å². The molecule has 4 heterocycles. The zero-order valence-corrected chi connectivity index (χ0v) is 34.2. The minimum Gasteiger partial charge on any atom is -0.870 e. The number of hydrogen-bond acceptors (Lipinski definition) is 8. The van der Waals surface area contributed by atoms with Gasteiger partial charge in [-0.05, 0) is 128 Å². The Kier molecular flexibility index (Phi) is 22.1. The molecule has 0 spiro atoms. The smallest absolute Gasteiger partial charge is 0.870 e. The third-order valence-electron chi connectivity index (χ3n) is 9.13. The van der Waals surface area contributed by atoms with Crippen molar-refractivity contribution < 1.29 is 49.6 Å². The van der Waals surface area contributed by atoms with Crippen molar-refractivity contribution in [3.8, 4) is 33.8 Å². The van der Waals surface area contributed by atoms with Crippen molar-refractivity contribution >= 4 is 11.6 Å². The number of aliphatic hydroxyl groups is 1. The quantitative estimate of drug-likeness (QED) is 0.120. The van der Waals surface area contributed by atoms with Gasteiger partial charge in [0.05, 0.1) is 13.2 Å². The van der Waals surface area contributed by atoms with Crippen molar-refractivity contribution in [3.05, 3.63) is 101 Å². The summed E-state index contributed by atoms with van der Waals surface area (Å²) in [6.45, 7) is 13.4. The van der Waals surface area contributed by atoms with Crippen LogP contribution in [-0.2, 0) is 0 Å². The van der Waals surface area contributed by atoms with Crippen LogP contribution < -0.4 is 44.6 Å². The fraction of sp³-hybridized carbons (Fsp3) is 0.463. The molecule has 2 saturated heterocycles. The summed E-state index contributed by atoms with van der Waals surface area (Å²) in [7, 11) is 1.00. The topological polar surface area (TPSA) is 121 Å². The van der Waals surface area contributed by atoms with Crippen LogP contribution in [0.5, 0.6) is 11.5 Å². The zero-order chi connectivity index (χ0) is 35.6. The number of benzene rings is 2. The molecule has 4 aromatic rings. The maximum Gasteiger partial charge on any atom is 1.00 e. The first-order valence-corrected chi connectivity index (χ1v) is 18.5. The Hall–Kier alpha value is -2.73. The van der Waals surface area contributed by atoms with Gasteiger partial charge in [-0.1, -0.05) is 49.7 Å². The Labute approximate surface area is 337 Å². The number of rotatable bonds is 12. The fourth-order valence-corrected chi connectivity index (χ4v) is 6.80. The van der Waals surface area contributed by atoms with E-state index in [0.717, 1.165) is 91.8 Å². The third-order valence-corrected chi connectivity index (χ3v) is 9.34. The SMILES string of the molecule is CO.C[C@H]1CCCN(CCCOc2ccc(-c3cc[nH]c(=O)c3)cc2)C1.C[C@H]1CCCN(CCCOc2ccc(-c3ccnc(Cl)c3)cc2)C1.[Na+].[OH-]. The summed E-state index contributed by atoms with van der Waals surface area (Å²) in [6, 6.07) is 23.4. The number of ether oxygens (including phenoxy) is 2. The van der Waals surface area contributed by atoms with E-state index in [-0.39, 0.29) is 40.6 Å². The number of H-pyrrole nitrogens is 1. The van der Waals surface area contributed by atoms with Crippen LogP contribution in [0, 0.1) is 11.8 Å². The van der Waals surface area contributed by atoms with Crippen LogP contribution in [-0.4, -0.2) is 89.9 Å². The summed E-state index contributed by atoms with van der Waals surface area (Å²) in [5.74, 6) is 3.48. The second-order valence-corrected chi connectivity index (χ2v) is 13.7. The third kappa shape index (κ3) is 16.1. The summed E-state index contributed by atoms with van der Waals surface area (Å²) in [4.78, 5) is 23.1. The van der Waals surface area contributed by atoms with Gasteiger partial charge in [-0.2, -0.15) is 0 Å². The number of pyridine rings is 2. The van der Waals surface area contributed by atoms with Gasteiger partial charge >= 0.3 is 29.6 Å². The predicted octanol–water partition coefficient (Wildman–Crippen LogP) is 4.88. The van der Waals surface area contributed by atoms with Gasteiger partial charge in [-0.25, -0.2) is 4.98 Å². The van der Waals surface area contributed by atoms with E-state index in [1.165, 1.54) is 51.9 Å². The molecular formula is C41H56ClN4NaO5. The van der Waals surface area contributed by atoms with E-state index in [9.17, 15) is 4.79 Å². The molecule has 2 fully saturated rings. The number of nitrogens with zero attached hydrogens (tertiary/aromatic N) is 3. The second kappa shape index (κ2) is 25.3. The number of halogens is 1. The first kappa shape index (κ1) is 45.4. The summed E-state index contributed by atoms with van der Waals surface area (Å²) < 4.78 is 11.7. The van der Waals surface area contributed by atoms with Crippen molar-refractivity contribution in [1.29, 1.82) is 0 Å². The Balaban J connectivity index is 0.000000332. The molecular weight excluding hydrogens is 687 g/mol. The van der Waals surface area contributed by atoms with Crippen molar-refractivity contribution in [2.24, 2.45) is 11.8 Å². The average Bonchev–Trinajstić information content (AvgIpc) is 3.14. The van der Waals surface area contributed by atoms with Gasteiger partial charge in [0.1, 0.15) is 16.7 Å². The standard InChI is InChI=1S/C20H25ClN2O.C20H26N2O2.CH4O.Na.H2O/c1-16-4-2-11-23(15-16)12-3-13-24-19-7-5-17(6-8-19)18-9-10-22-20(21)14-18;1-16-4-2-11-22(15-16)12-3-13-24-19-7-5-17(6-8-19)18-9-10-21-20(23)14-18;1-2;;/h5-10,14,16H,2-4,11-13,15H2,1H3;5-10,14,16H,2-4,11-13,15H2,1H3,(H,21,23);2H,1H3;;1H2/q;;;+1;/p-1/t2*16-;;;/m00.../s1. The minimum absolute atomic E-state index is 0. The number of aromatic amines is 1. The number of aromatic nitrogens is 2. The second-order valence-electron chi connectivity index (χ2n) is 13.4. The Morgan fingerprint density at radius 3 is 1.67 bits per heavy atom. The zero-order valence-electron chi connectivity index (χ0n) is 31.5. The molecule has 6 rings (SSSR count). The summed E-state index contributed by atoms with van der Waals surface area (Å²) >= 11 is 5.94. The molecule has 3 N–H and O–H groups in total. The molecule has 2 aromatic heterocycles. The maximum atomic E-state index is 11.4. The molecule has 2 aromatic carbocycles. The molecule has 2 atom stereocenters. The van der Waals surface area contributed by atoms with Gasteiger partial charge in [0, 0.05) is 51.7 Å². The van der Waals surface area contributed by atoms with E-state index in [2.05, 4.69) is 45.7 Å². The molecule has 2 aliphatic heterocycles. The maximum absolute atomic E-state index is 11.4. The summed E-state index contributed by atoms with van der Waals surface area (Å²) in [5.41, 5.74) is 4.05. The van der Waals surface area contributed by atoms with Crippen LogP contribution in [0.2, 0.25) is 5.15 Å². The van der Waals surface area contributed by atoms with E-state index in [4.69, 9.17) is 26.2 Å². The molecule has 278 valence electrons. The molecule has 2 aliphatic rings. The number of aliphatic hydroxyl groups excluding tert-OH is 1. The normalized spacial score (nSPS) is 17.2. The van der Waals surface area contributed by atoms with Gasteiger partial charge in [0.15, 0.2) is 0 Å². The van der Waals surface area contributed by atoms with Crippen LogP contribution >= 0.6 is 11.6 Å². The molecule has 0 amide bonds. The van der Waals surface area contributed by atoms with Crippen LogP contribution in [0.15, 0.2) is 90.0 Å². The van der Waals surface area contributed by atoms with E-state index in [1.807, 2.05) is 54.6 Å². The van der Waals surface area contributed by atoms with Gasteiger partial charge in [0.25, 0.3) is 0 Å². The van der Waals surface area contributed by atoms with Gasteiger partial charge < -0.3 is 34.8 Å². The van der Waals surface area contributed by atoms with Crippen molar-refractivity contribution in [1.82, 2.24) is 19.8 Å². The molecule has 9 nitrogen and oxygen atoms in total. The number of nitrogens with one attached hydrogen (secondary N) is 1. The number of likely N-dealkylation sites (tertiary alicyclic amines) is 2. The molecule has 52 heavy (non-hydrogen) atoms. The van der Waals surface area contributed by atoms with Crippen molar-refractivity contribution in [2.45, 2.75) is 52.4 Å². The molecule has 0 bridgehead atoms. The van der Waals surface area contributed by atoms with Crippen LogP contribution in [0.25, 0.3) is 22.3 Å². The largest absolute Gasteiger partial charge is 1.00 e. The first-order valence-electron chi connectivity index (χ1n) is 18.1.